The van der Waals surface area contributed by atoms with Gasteiger partial charge in [-0.1, -0.05) is 188 Å². The number of nitrogens with zero attached hydrogens (tertiary/aromatic N) is 8. The summed E-state index contributed by atoms with van der Waals surface area (Å²) < 4.78 is 9.62. The lowest BCUT2D eigenvalue weighted by Crippen LogP contribution is -2.04. The van der Waals surface area contributed by atoms with Gasteiger partial charge in [0.15, 0.2) is 17.5 Å². The van der Waals surface area contributed by atoms with Crippen LogP contribution in [0.15, 0.2) is 303 Å². The van der Waals surface area contributed by atoms with Gasteiger partial charge in [0.05, 0.1) is 61.5 Å². The molecule has 13 aromatic carbocycles. The Morgan fingerprint density at radius 1 is 0.233 bits per heavy atom. The molecule has 5 aromatic heterocycles. The predicted octanol–water partition coefficient (Wildman–Crippen LogP) is 20.5. The molecule has 0 fully saturated rings. The summed E-state index contributed by atoms with van der Waals surface area (Å²) in [6.45, 7) is 0. The molecule has 0 amide bonds. The Balaban J connectivity index is 0.925. The van der Waals surface area contributed by atoms with Crippen molar-refractivity contribution in [3.8, 4) is 85.2 Å². The highest BCUT2D eigenvalue weighted by atomic mass is 15.0. The molecule has 5 heterocycles. The van der Waals surface area contributed by atoms with Crippen molar-refractivity contribution in [1.29, 1.82) is 5.26 Å². The number of nitriles is 1. The number of para-hydroxylation sites is 6. The van der Waals surface area contributed by atoms with Gasteiger partial charge in [-0.25, -0.2) is 15.0 Å². The molecule has 0 aliphatic carbocycles. The first-order valence-corrected chi connectivity index (χ1v) is 30.3. The zero-order valence-electron chi connectivity index (χ0n) is 48.4. The summed E-state index contributed by atoms with van der Waals surface area (Å²) in [4.78, 5) is 16.1. The van der Waals surface area contributed by atoms with Gasteiger partial charge in [0, 0.05) is 82.4 Å². The van der Waals surface area contributed by atoms with Crippen molar-refractivity contribution in [3.63, 3.8) is 0 Å². The molecule has 8 heteroatoms. The first-order chi connectivity index (χ1) is 44.6. The Morgan fingerprint density at radius 2 is 0.600 bits per heavy atom. The van der Waals surface area contributed by atoms with Crippen molar-refractivity contribution in [2.45, 2.75) is 0 Å². The Kier molecular flexibility index (Phi) is 11.5. The van der Waals surface area contributed by atoms with Crippen molar-refractivity contribution in [3.05, 3.63) is 309 Å². The predicted molar refractivity (Wildman–Crippen MR) is 369 cm³/mol. The van der Waals surface area contributed by atoms with Crippen LogP contribution in [0.25, 0.3) is 166 Å². The van der Waals surface area contributed by atoms with Gasteiger partial charge in [-0.3, -0.25) is 0 Å². The Labute approximate surface area is 516 Å². The van der Waals surface area contributed by atoms with E-state index in [9.17, 15) is 5.26 Å². The molecular formula is C82H50N8. The summed E-state index contributed by atoms with van der Waals surface area (Å²) in [6.07, 6.45) is 0. The smallest absolute Gasteiger partial charge is 0.164 e. The quantitative estimate of drug-likeness (QED) is 0.144. The number of hydrogen-bond acceptors (Lipinski definition) is 4. The van der Waals surface area contributed by atoms with Crippen molar-refractivity contribution < 1.29 is 0 Å². The summed E-state index contributed by atoms with van der Waals surface area (Å²) in [5.74, 6) is 1.67. The second-order valence-electron chi connectivity index (χ2n) is 23.0. The minimum absolute atomic E-state index is 0.531. The van der Waals surface area contributed by atoms with Crippen molar-refractivity contribution >= 4 is 87.2 Å². The van der Waals surface area contributed by atoms with Crippen LogP contribution in [0, 0.1) is 11.3 Å². The molecule has 18 rings (SSSR count). The topological polar surface area (TPSA) is 82.2 Å². The average molecular weight is 1150 g/mol. The van der Waals surface area contributed by atoms with E-state index >= 15 is 0 Å². The first kappa shape index (κ1) is 50.8. The average Bonchev–Trinajstić information content (AvgIpc) is 1.62. The molecule has 0 unspecified atom stereocenters. The SMILES string of the molecule is N#Cc1cccc(-c2ccc(-n3c4ccccc4c4cc(-n5c6ccccc6c6ccccc65)ccc43)c(-c3cc(-n4c5ccccc5c5cc(-n6c7ccccc7c7ccccc76)ccc54)ccc3-c3nc(-c4ccccc4)nc(-c4ccccc4)n3)c2)c1. The van der Waals surface area contributed by atoms with Crippen LogP contribution in [0.4, 0.5) is 0 Å². The molecule has 0 bridgehead atoms. The third kappa shape index (κ3) is 7.97. The second kappa shape index (κ2) is 20.3. The lowest BCUT2D eigenvalue weighted by molar-refractivity contribution is 1.07. The van der Waals surface area contributed by atoms with Crippen LogP contribution < -0.4 is 0 Å². The fourth-order valence-electron chi connectivity index (χ4n) is 14.1. The third-order valence-electron chi connectivity index (χ3n) is 18.0. The summed E-state index contributed by atoms with van der Waals surface area (Å²) in [5.41, 5.74) is 19.9. The summed E-state index contributed by atoms with van der Waals surface area (Å²) in [5, 5.41) is 19.7. The molecule has 418 valence electrons. The molecule has 0 saturated heterocycles. The fraction of sp³-hybridized carbons (Fsp3) is 0. The maximum absolute atomic E-state index is 10.3. The molecule has 0 radical (unpaired) electrons. The highest BCUT2D eigenvalue weighted by Gasteiger charge is 2.25. The zero-order valence-corrected chi connectivity index (χ0v) is 48.4. The van der Waals surface area contributed by atoms with Crippen LogP contribution in [0.1, 0.15) is 5.56 Å². The minimum Gasteiger partial charge on any atom is -0.309 e. The Bertz CT molecular complexity index is 5830. The molecule has 0 spiro atoms. The van der Waals surface area contributed by atoms with Gasteiger partial charge in [0.1, 0.15) is 0 Å². The third-order valence-corrected chi connectivity index (χ3v) is 18.0. The molecule has 8 nitrogen and oxygen atoms in total. The number of aromatic nitrogens is 7. The van der Waals surface area contributed by atoms with Gasteiger partial charge in [-0.2, -0.15) is 5.26 Å². The van der Waals surface area contributed by atoms with E-state index < -0.39 is 0 Å². The highest BCUT2D eigenvalue weighted by Crippen LogP contribution is 2.45. The van der Waals surface area contributed by atoms with E-state index in [1.54, 1.807) is 0 Å². The van der Waals surface area contributed by atoms with Crippen LogP contribution in [-0.4, -0.2) is 33.2 Å². The minimum atomic E-state index is 0.531. The molecular weight excluding hydrogens is 1100 g/mol. The lowest BCUT2D eigenvalue weighted by atomic mass is 9.92. The zero-order chi connectivity index (χ0) is 59.4. The van der Waals surface area contributed by atoms with Crippen molar-refractivity contribution in [2.24, 2.45) is 0 Å². The number of hydrogen-bond donors (Lipinski definition) is 0. The molecule has 0 aliphatic heterocycles. The summed E-state index contributed by atoms with van der Waals surface area (Å²) in [7, 11) is 0. The van der Waals surface area contributed by atoms with Crippen LogP contribution in [0.2, 0.25) is 0 Å². The van der Waals surface area contributed by atoms with E-state index in [4.69, 9.17) is 15.0 Å². The summed E-state index contributed by atoms with van der Waals surface area (Å²) >= 11 is 0. The van der Waals surface area contributed by atoms with Crippen molar-refractivity contribution in [1.82, 2.24) is 33.2 Å². The molecule has 0 aliphatic rings. The number of rotatable bonds is 9. The molecule has 0 atom stereocenters. The van der Waals surface area contributed by atoms with E-state index in [2.05, 4.69) is 273 Å². The maximum Gasteiger partial charge on any atom is 0.164 e. The van der Waals surface area contributed by atoms with E-state index in [1.165, 1.54) is 21.5 Å². The molecule has 90 heavy (non-hydrogen) atoms. The Hall–Kier alpha value is -12.4. The van der Waals surface area contributed by atoms with Crippen molar-refractivity contribution in [2.75, 3.05) is 0 Å². The van der Waals surface area contributed by atoms with Gasteiger partial charge in [0.2, 0.25) is 0 Å². The van der Waals surface area contributed by atoms with E-state index in [1.807, 2.05) is 54.6 Å². The van der Waals surface area contributed by atoms with Gasteiger partial charge >= 0.3 is 0 Å². The van der Waals surface area contributed by atoms with Gasteiger partial charge in [-0.05, 0) is 132 Å². The molecule has 18 aromatic rings. The summed E-state index contributed by atoms with van der Waals surface area (Å²) in [6, 6.07) is 110. The number of benzene rings is 13. The lowest BCUT2D eigenvalue weighted by Gasteiger charge is -2.20. The van der Waals surface area contributed by atoms with Gasteiger partial charge < -0.3 is 18.3 Å². The highest BCUT2D eigenvalue weighted by molar-refractivity contribution is 6.15. The Morgan fingerprint density at radius 3 is 1.08 bits per heavy atom. The largest absolute Gasteiger partial charge is 0.309 e. The maximum atomic E-state index is 10.3. The van der Waals surface area contributed by atoms with Gasteiger partial charge in [-0.15, -0.1) is 0 Å². The number of fused-ring (bicyclic) bond motifs is 12. The normalized spacial score (nSPS) is 11.8. The van der Waals surface area contributed by atoms with E-state index in [0.717, 1.165) is 127 Å². The van der Waals surface area contributed by atoms with Crippen LogP contribution >= 0.6 is 0 Å². The second-order valence-corrected chi connectivity index (χ2v) is 23.0. The monoisotopic (exact) mass is 1150 g/mol. The van der Waals surface area contributed by atoms with E-state index in [-0.39, 0.29) is 0 Å². The fourth-order valence-corrected chi connectivity index (χ4v) is 14.1. The van der Waals surface area contributed by atoms with Crippen LogP contribution in [-0.2, 0) is 0 Å². The van der Waals surface area contributed by atoms with Crippen LogP contribution in [0.5, 0.6) is 0 Å². The molecule has 0 N–H and O–H groups in total. The van der Waals surface area contributed by atoms with E-state index in [0.29, 0.717) is 23.0 Å². The van der Waals surface area contributed by atoms with Crippen LogP contribution in [0.3, 0.4) is 0 Å². The van der Waals surface area contributed by atoms with Gasteiger partial charge in [0.25, 0.3) is 0 Å². The first-order valence-electron chi connectivity index (χ1n) is 30.3. The molecule has 0 saturated carbocycles. The standard InChI is InChI=1S/C82H50N8/c83-51-52-20-19-25-55(46-52)56-38-43-78(90-76-37-18-12-31-65(76)70-50-59(41-45-79(70)90)88-73-34-15-9-28-62(73)63-29-10-16-35-74(63)88)68(47-56)67-48-57(39-42-66(67)82-85-80(53-21-3-1-4-22-53)84-81(86-82)54-23-5-2-6-24-54)89-75-36-17-11-30-64(75)69-49-58(40-44-77(69)89)87-71-32-13-7-26-60(71)61-27-8-14-33-72(61)87/h1-50H.